The second-order valence-electron chi connectivity index (χ2n) is 4.81. The zero-order valence-corrected chi connectivity index (χ0v) is 10.6. The molecule has 0 radical (unpaired) electrons. The molecule has 1 aliphatic rings. The van der Waals surface area contributed by atoms with Gasteiger partial charge < -0.3 is 10.2 Å². The second-order valence-corrected chi connectivity index (χ2v) is 4.81. The first-order chi connectivity index (χ1) is 8.18. The zero-order chi connectivity index (χ0) is 12.3. The van der Waals surface area contributed by atoms with Crippen molar-refractivity contribution in [2.75, 3.05) is 18.0 Å². The number of anilines is 1. The van der Waals surface area contributed by atoms with Crippen LogP contribution in [0.3, 0.4) is 0 Å². The predicted molar refractivity (Wildman–Crippen MR) is 70.3 cm³/mol. The lowest BCUT2D eigenvalue weighted by Gasteiger charge is -2.29. The third-order valence-corrected chi connectivity index (χ3v) is 3.07. The number of para-hydroxylation sites is 1. The molecule has 0 spiro atoms. The van der Waals surface area contributed by atoms with E-state index >= 15 is 0 Å². The van der Waals surface area contributed by atoms with Gasteiger partial charge >= 0.3 is 0 Å². The minimum atomic E-state index is 0.172. The lowest BCUT2D eigenvalue weighted by molar-refractivity contribution is -0.118. The number of nitrogens with one attached hydrogen (secondary N) is 1. The topological polar surface area (TPSA) is 32.3 Å². The summed E-state index contributed by atoms with van der Waals surface area (Å²) in [5, 5.41) is 3.18. The fourth-order valence-electron chi connectivity index (χ4n) is 2.18. The molecule has 0 bridgehead atoms. The van der Waals surface area contributed by atoms with Gasteiger partial charge in [0.15, 0.2) is 0 Å². The van der Waals surface area contributed by atoms with Gasteiger partial charge in [0.2, 0.25) is 5.91 Å². The van der Waals surface area contributed by atoms with Crippen LogP contribution in [0.1, 0.15) is 25.8 Å². The molecule has 1 heterocycles. The molecular formula is C14H20N2O. The van der Waals surface area contributed by atoms with Gasteiger partial charge in [-0.1, -0.05) is 32.0 Å². The Balaban J connectivity index is 2.10. The van der Waals surface area contributed by atoms with Gasteiger partial charge in [0.25, 0.3) is 0 Å². The summed E-state index contributed by atoms with van der Waals surface area (Å²) in [4.78, 5) is 14.0. The van der Waals surface area contributed by atoms with E-state index in [4.69, 9.17) is 0 Å². The van der Waals surface area contributed by atoms with Crippen molar-refractivity contribution in [1.29, 1.82) is 0 Å². The van der Waals surface area contributed by atoms with Gasteiger partial charge in [-0.15, -0.1) is 0 Å². The number of carbonyl (C=O) groups excluding carboxylic acids is 1. The molecule has 1 N–H and O–H groups in total. The van der Waals surface area contributed by atoms with Gasteiger partial charge in [-0.25, -0.2) is 0 Å². The van der Waals surface area contributed by atoms with E-state index in [-0.39, 0.29) is 5.91 Å². The summed E-state index contributed by atoms with van der Waals surface area (Å²) in [6.07, 6.45) is 2.14. The maximum atomic E-state index is 12.1. The summed E-state index contributed by atoms with van der Waals surface area (Å²) < 4.78 is 0. The highest BCUT2D eigenvalue weighted by Crippen LogP contribution is 2.26. The second kappa shape index (κ2) is 5.32. The van der Waals surface area contributed by atoms with Gasteiger partial charge in [0.05, 0.1) is 6.54 Å². The molecule has 3 nitrogen and oxygen atoms in total. The maximum Gasteiger partial charge on any atom is 0.240 e. The summed E-state index contributed by atoms with van der Waals surface area (Å²) in [5.41, 5.74) is 2.38. The van der Waals surface area contributed by atoms with Crippen LogP contribution in [0.2, 0.25) is 0 Å². The number of hydrogen-bond acceptors (Lipinski definition) is 2. The third kappa shape index (κ3) is 2.86. The first-order valence-electron chi connectivity index (χ1n) is 6.30. The number of carbonyl (C=O) groups is 1. The molecular weight excluding hydrogens is 212 g/mol. The largest absolute Gasteiger partial charge is 0.311 e. The van der Waals surface area contributed by atoms with Crippen molar-refractivity contribution in [3.05, 3.63) is 29.8 Å². The zero-order valence-electron chi connectivity index (χ0n) is 10.6. The Morgan fingerprint density at radius 2 is 2.18 bits per heavy atom. The van der Waals surface area contributed by atoms with E-state index in [1.54, 1.807) is 0 Å². The first-order valence-corrected chi connectivity index (χ1v) is 6.30. The summed E-state index contributed by atoms with van der Waals surface area (Å²) in [6.45, 7) is 5.37. The molecule has 0 fully saturated rings. The van der Waals surface area contributed by atoms with Crippen LogP contribution in [0, 0.1) is 0 Å². The quantitative estimate of drug-likeness (QED) is 0.864. The van der Waals surface area contributed by atoms with E-state index in [1.807, 2.05) is 23.1 Å². The molecule has 0 unspecified atom stereocenters. The number of aryl methyl sites for hydroxylation is 1. The number of hydrogen-bond donors (Lipinski definition) is 1. The van der Waals surface area contributed by atoms with Crippen LogP contribution in [0.4, 0.5) is 5.69 Å². The molecule has 92 valence electrons. The Labute approximate surface area is 103 Å². The van der Waals surface area contributed by atoms with Crippen LogP contribution in [-0.4, -0.2) is 25.0 Å². The van der Waals surface area contributed by atoms with Gasteiger partial charge in [0, 0.05) is 18.3 Å². The van der Waals surface area contributed by atoms with Crippen LogP contribution < -0.4 is 10.2 Å². The van der Waals surface area contributed by atoms with Crippen molar-refractivity contribution in [3.63, 3.8) is 0 Å². The van der Waals surface area contributed by atoms with Crippen LogP contribution in [0.25, 0.3) is 0 Å². The molecule has 1 aliphatic heterocycles. The Bertz CT molecular complexity index is 401. The van der Waals surface area contributed by atoms with Crippen molar-refractivity contribution in [2.45, 2.75) is 32.7 Å². The van der Waals surface area contributed by atoms with E-state index in [0.29, 0.717) is 12.6 Å². The fraction of sp³-hybridized carbons (Fsp3) is 0.500. The average molecular weight is 232 g/mol. The number of rotatable bonds is 3. The molecule has 1 amide bonds. The minimum absolute atomic E-state index is 0.172. The Morgan fingerprint density at radius 1 is 1.41 bits per heavy atom. The van der Waals surface area contributed by atoms with Crippen LogP contribution in [-0.2, 0) is 11.2 Å². The smallest absolute Gasteiger partial charge is 0.240 e. The van der Waals surface area contributed by atoms with Crippen molar-refractivity contribution in [1.82, 2.24) is 5.32 Å². The van der Waals surface area contributed by atoms with Gasteiger partial charge in [0.1, 0.15) is 0 Å². The summed E-state index contributed by atoms with van der Waals surface area (Å²) >= 11 is 0. The number of nitrogens with zero attached hydrogens (tertiary/aromatic N) is 1. The van der Waals surface area contributed by atoms with Crippen molar-refractivity contribution >= 4 is 11.6 Å². The minimum Gasteiger partial charge on any atom is -0.311 e. The number of benzene rings is 1. The molecule has 1 aromatic rings. The predicted octanol–water partition coefficient (Wildman–Crippen LogP) is 1.96. The summed E-state index contributed by atoms with van der Waals surface area (Å²) in [7, 11) is 0. The SMILES string of the molecule is CC(C)NCC(=O)N1CCCc2ccccc21. The molecule has 3 heteroatoms. The molecule has 0 aliphatic carbocycles. The van der Waals surface area contributed by atoms with E-state index in [2.05, 4.69) is 25.2 Å². The standard InChI is InChI=1S/C14H20N2O/c1-11(2)15-10-14(17)16-9-5-7-12-6-3-4-8-13(12)16/h3-4,6,8,11,15H,5,7,9-10H2,1-2H3. The molecule has 0 saturated heterocycles. The lowest BCUT2D eigenvalue weighted by Crippen LogP contribution is -2.42. The number of fused-ring (bicyclic) bond motifs is 1. The molecule has 1 aromatic carbocycles. The Morgan fingerprint density at radius 3 is 2.94 bits per heavy atom. The van der Waals surface area contributed by atoms with E-state index in [1.165, 1.54) is 5.56 Å². The third-order valence-electron chi connectivity index (χ3n) is 3.07. The lowest BCUT2D eigenvalue weighted by atomic mass is 10.0. The molecule has 0 aromatic heterocycles. The fourth-order valence-corrected chi connectivity index (χ4v) is 2.18. The first kappa shape index (κ1) is 12.1. The molecule has 0 saturated carbocycles. The monoisotopic (exact) mass is 232 g/mol. The Hall–Kier alpha value is -1.35. The molecule has 17 heavy (non-hydrogen) atoms. The highest BCUT2D eigenvalue weighted by molar-refractivity contribution is 5.95. The highest BCUT2D eigenvalue weighted by atomic mass is 16.2. The summed E-state index contributed by atoms with van der Waals surface area (Å²) in [6, 6.07) is 8.55. The van der Waals surface area contributed by atoms with Gasteiger partial charge in [-0.05, 0) is 24.5 Å². The summed E-state index contributed by atoms with van der Waals surface area (Å²) in [5.74, 6) is 0.172. The van der Waals surface area contributed by atoms with Crippen molar-refractivity contribution < 1.29 is 4.79 Å². The normalized spacial score (nSPS) is 14.9. The van der Waals surface area contributed by atoms with E-state index < -0.39 is 0 Å². The van der Waals surface area contributed by atoms with Crippen molar-refractivity contribution in [2.24, 2.45) is 0 Å². The van der Waals surface area contributed by atoms with E-state index in [9.17, 15) is 4.79 Å². The molecule has 0 atom stereocenters. The van der Waals surface area contributed by atoms with Crippen LogP contribution >= 0.6 is 0 Å². The highest BCUT2D eigenvalue weighted by Gasteiger charge is 2.21. The van der Waals surface area contributed by atoms with E-state index in [0.717, 1.165) is 25.1 Å². The maximum absolute atomic E-state index is 12.1. The Kier molecular flexibility index (Phi) is 3.79. The van der Waals surface area contributed by atoms with Crippen LogP contribution in [0.5, 0.6) is 0 Å². The number of amides is 1. The van der Waals surface area contributed by atoms with Gasteiger partial charge in [-0.3, -0.25) is 4.79 Å². The van der Waals surface area contributed by atoms with Crippen molar-refractivity contribution in [3.8, 4) is 0 Å². The molecule has 2 rings (SSSR count). The average Bonchev–Trinajstić information content (AvgIpc) is 2.35. The van der Waals surface area contributed by atoms with Crippen LogP contribution in [0.15, 0.2) is 24.3 Å². The van der Waals surface area contributed by atoms with Gasteiger partial charge in [-0.2, -0.15) is 0 Å².